The van der Waals surface area contributed by atoms with Gasteiger partial charge in [0.15, 0.2) is 0 Å². The van der Waals surface area contributed by atoms with Gasteiger partial charge in [-0.3, -0.25) is 4.79 Å². The van der Waals surface area contributed by atoms with E-state index in [9.17, 15) is 4.79 Å². The Kier molecular flexibility index (Phi) is 4.51. The van der Waals surface area contributed by atoms with Gasteiger partial charge in [0, 0.05) is 6.04 Å². The number of hydrogen-bond donors (Lipinski definition) is 2. The van der Waals surface area contributed by atoms with E-state index in [1.54, 1.807) is 0 Å². The molecule has 0 aromatic rings. The predicted octanol–water partition coefficient (Wildman–Crippen LogP) is 1.60. The van der Waals surface area contributed by atoms with Crippen LogP contribution >= 0.6 is 12.2 Å². The molecule has 3 nitrogen and oxygen atoms in total. The Morgan fingerprint density at radius 1 is 1.60 bits per heavy atom. The molecular formula is C11H20N2OS. The third kappa shape index (κ3) is 3.16. The molecule has 4 heteroatoms. The van der Waals surface area contributed by atoms with E-state index >= 15 is 0 Å². The summed E-state index contributed by atoms with van der Waals surface area (Å²) >= 11 is 4.87. The summed E-state index contributed by atoms with van der Waals surface area (Å²) < 4.78 is 0. The number of carbonyl (C=O) groups is 1. The van der Waals surface area contributed by atoms with Crippen LogP contribution in [0.5, 0.6) is 0 Å². The van der Waals surface area contributed by atoms with Gasteiger partial charge in [0.25, 0.3) is 0 Å². The van der Waals surface area contributed by atoms with Crippen LogP contribution in [0.15, 0.2) is 0 Å². The third-order valence-electron chi connectivity index (χ3n) is 3.30. The van der Waals surface area contributed by atoms with E-state index < -0.39 is 0 Å². The zero-order valence-corrected chi connectivity index (χ0v) is 10.3. The molecule has 0 aromatic heterocycles. The monoisotopic (exact) mass is 228 g/mol. The van der Waals surface area contributed by atoms with Gasteiger partial charge in [0.2, 0.25) is 5.91 Å². The number of rotatable bonds is 5. The highest BCUT2D eigenvalue weighted by Gasteiger charge is 2.27. The molecule has 0 aromatic carbocycles. The second-order valence-electron chi connectivity index (χ2n) is 4.35. The number of nitrogens with two attached hydrogens (primary N) is 1. The van der Waals surface area contributed by atoms with E-state index in [4.69, 9.17) is 18.0 Å². The molecule has 86 valence electrons. The van der Waals surface area contributed by atoms with Crippen molar-refractivity contribution in [3.05, 3.63) is 0 Å². The van der Waals surface area contributed by atoms with Crippen LogP contribution in [-0.2, 0) is 4.79 Å². The summed E-state index contributed by atoms with van der Waals surface area (Å²) in [6.45, 7) is 3.99. The lowest BCUT2D eigenvalue weighted by Gasteiger charge is -2.32. The number of hydrogen-bond acceptors (Lipinski definition) is 2. The van der Waals surface area contributed by atoms with E-state index in [-0.39, 0.29) is 17.9 Å². The molecule has 3 N–H and O–H groups in total. The van der Waals surface area contributed by atoms with Gasteiger partial charge in [-0.2, -0.15) is 0 Å². The zero-order valence-electron chi connectivity index (χ0n) is 9.45. The number of nitrogens with one attached hydrogen (secondary N) is 1. The highest BCUT2D eigenvalue weighted by atomic mass is 32.1. The van der Waals surface area contributed by atoms with Gasteiger partial charge in [0.05, 0.1) is 10.9 Å². The maximum Gasteiger partial charge on any atom is 0.230 e. The lowest BCUT2D eigenvalue weighted by molar-refractivity contribution is -0.124. The summed E-state index contributed by atoms with van der Waals surface area (Å²) in [5.41, 5.74) is 5.52. The second-order valence-corrected chi connectivity index (χ2v) is 4.82. The molecule has 0 saturated heterocycles. The van der Waals surface area contributed by atoms with Crippen molar-refractivity contribution in [1.29, 1.82) is 0 Å². The highest BCUT2D eigenvalue weighted by Crippen LogP contribution is 2.29. The number of carbonyl (C=O) groups excluding carboxylic acids is 1. The Hall–Kier alpha value is -0.640. The molecule has 15 heavy (non-hydrogen) atoms. The molecule has 0 bridgehead atoms. The first kappa shape index (κ1) is 12.4. The minimum Gasteiger partial charge on any atom is -0.393 e. The molecule has 0 aliphatic heterocycles. The molecule has 0 heterocycles. The van der Waals surface area contributed by atoms with Gasteiger partial charge in [-0.1, -0.05) is 25.6 Å². The fraction of sp³-hybridized carbons (Fsp3) is 0.818. The maximum absolute atomic E-state index is 11.8. The lowest BCUT2D eigenvalue weighted by Crippen LogP contribution is -2.45. The zero-order chi connectivity index (χ0) is 11.4. The SMILES string of the molecule is CCC(C(=O)NC(C)C1CCC1)C(N)=S. The van der Waals surface area contributed by atoms with Gasteiger partial charge >= 0.3 is 0 Å². The summed E-state index contributed by atoms with van der Waals surface area (Å²) in [4.78, 5) is 12.1. The van der Waals surface area contributed by atoms with Gasteiger partial charge in [-0.15, -0.1) is 0 Å². The summed E-state index contributed by atoms with van der Waals surface area (Å²) in [5, 5.41) is 3.01. The van der Waals surface area contributed by atoms with E-state index in [0.29, 0.717) is 17.3 Å². The van der Waals surface area contributed by atoms with Crippen molar-refractivity contribution >= 4 is 23.1 Å². The van der Waals surface area contributed by atoms with E-state index in [1.165, 1.54) is 19.3 Å². The minimum absolute atomic E-state index is 0.00981. The van der Waals surface area contributed by atoms with Crippen molar-refractivity contribution in [2.45, 2.75) is 45.6 Å². The Labute approximate surface area is 96.8 Å². The number of thiocarbonyl (C=S) groups is 1. The van der Waals surface area contributed by atoms with Crippen molar-refractivity contribution in [2.24, 2.45) is 17.6 Å². The predicted molar refractivity (Wildman–Crippen MR) is 65.5 cm³/mol. The first-order valence-electron chi connectivity index (χ1n) is 5.66. The molecule has 1 aliphatic carbocycles. The van der Waals surface area contributed by atoms with Crippen LogP contribution in [0.4, 0.5) is 0 Å². The Balaban J connectivity index is 2.41. The van der Waals surface area contributed by atoms with Crippen LogP contribution in [0, 0.1) is 11.8 Å². The molecule has 2 atom stereocenters. The van der Waals surface area contributed by atoms with Crippen LogP contribution in [0.2, 0.25) is 0 Å². The quantitative estimate of drug-likeness (QED) is 0.703. The molecule has 1 rings (SSSR count). The van der Waals surface area contributed by atoms with E-state index in [1.807, 2.05) is 6.92 Å². The standard InChI is InChI=1S/C11H20N2OS/c1-3-9(10(12)15)11(14)13-7(2)8-5-4-6-8/h7-9H,3-6H2,1-2H3,(H2,12,15)(H,13,14). The normalized spacial score (nSPS) is 20.1. The van der Waals surface area contributed by atoms with Crippen molar-refractivity contribution in [2.75, 3.05) is 0 Å². The van der Waals surface area contributed by atoms with Crippen molar-refractivity contribution < 1.29 is 4.79 Å². The first-order chi connectivity index (χ1) is 7.06. The Bertz CT molecular complexity index is 251. The molecular weight excluding hydrogens is 208 g/mol. The van der Waals surface area contributed by atoms with Crippen LogP contribution in [0.25, 0.3) is 0 Å². The Morgan fingerprint density at radius 2 is 2.20 bits per heavy atom. The smallest absolute Gasteiger partial charge is 0.230 e. The Morgan fingerprint density at radius 3 is 2.53 bits per heavy atom. The first-order valence-corrected chi connectivity index (χ1v) is 6.06. The summed E-state index contributed by atoms with van der Waals surface area (Å²) in [7, 11) is 0. The van der Waals surface area contributed by atoms with Crippen LogP contribution in [-0.4, -0.2) is 16.9 Å². The van der Waals surface area contributed by atoms with Crippen molar-refractivity contribution in [3.8, 4) is 0 Å². The maximum atomic E-state index is 11.8. The average Bonchev–Trinajstić information content (AvgIpc) is 1.99. The van der Waals surface area contributed by atoms with Gasteiger partial charge in [-0.25, -0.2) is 0 Å². The van der Waals surface area contributed by atoms with Crippen molar-refractivity contribution in [3.63, 3.8) is 0 Å². The largest absolute Gasteiger partial charge is 0.393 e. The van der Waals surface area contributed by atoms with Crippen LogP contribution in [0.3, 0.4) is 0 Å². The summed E-state index contributed by atoms with van der Waals surface area (Å²) in [6, 6.07) is 0.259. The average molecular weight is 228 g/mol. The lowest BCUT2D eigenvalue weighted by atomic mass is 9.80. The van der Waals surface area contributed by atoms with Gasteiger partial charge in [-0.05, 0) is 32.1 Å². The molecule has 1 fully saturated rings. The molecule has 2 unspecified atom stereocenters. The highest BCUT2D eigenvalue weighted by molar-refractivity contribution is 7.80. The van der Waals surface area contributed by atoms with E-state index in [2.05, 4.69) is 12.2 Å². The van der Waals surface area contributed by atoms with Gasteiger partial charge < -0.3 is 11.1 Å². The molecule has 1 saturated carbocycles. The summed E-state index contributed by atoms with van der Waals surface area (Å²) in [5.74, 6) is 0.338. The summed E-state index contributed by atoms with van der Waals surface area (Å²) in [6.07, 6.45) is 4.42. The third-order valence-corrected chi connectivity index (χ3v) is 3.58. The van der Waals surface area contributed by atoms with Crippen LogP contribution < -0.4 is 11.1 Å². The fourth-order valence-electron chi connectivity index (χ4n) is 1.90. The molecule has 1 aliphatic rings. The molecule has 0 spiro atoms. The number of amides is 1. The minimum atomic E-state index is -0.303. The van der Waals surface area contributed by atoms with E-state index in [0.717, 1.165) is 0 Å². The fourth-order valence-corrected chi connectivity index (χ4v) is 2.17. The van der Waals surface area contributed by atoms with Crippen LogP contribution in [0.1, 0.15) is 39.5 Å². The molecule has 0 radical (unpaired) electrons. The second kappa shape index (κ2) is 5.45. The molecule has 1 amide bonds. The van der Waals surface area contributed by atoms with Gasteiger partial charge in [0.1, 0.15) is 0 Å². The van der Waals surface area contributed by atoms with Crippen molar-refractivity contribution in [1.82, 2.24) is 5.32 Å². The topological polar surface area (TPSA) is 55.1 Å².